The highest BCUT2D eigenvalue weighted by atomic mass is 19.4. The molecule has 10 heteroatoms. The fraction of sp³-hybridized carbons (Fsp3) is 0.560. The second kappa shape index (κ2) is 10.0. The van der Waals surface area contributed by atoms with Crippen LogP contribution >= 0.6 is 0 Å². The summed E-state index contributed by atoms with van der Waals surface area (Å²) in [6, 6.07) is 3.22. The van der Waals surface area contributed by atoms with E-state index >= 15 is 0 Å². The van der Waals surface area contributed by atoms with Crippen molar-refractivity contribution in [3.05, 3.63) is 51.8 Å². The fourth-order valence-corrected chi connectivity index (χ4v) is 4.93. The Bertz CT molecular complexity index is 1100. The number of alkyl halides is 3. The summed E-state index contributed by atoms with van der Waals surface area (Å²) in [5.41, 5.74) is 1.52. The normalized spacial score (nSPS) is 17.6. The van der Waals surface area contributed by atoms with E-state index in [-0.39, 0.29) is 29.1 Å². The third-order valence-electron chi connectivity index (χ3n) is 6.93. The van der Waals surface area contributed by atoms with E-state index in [9.17, 15) is 22.8 Å². The molecule has 1 spiro atoms. The molecule has 1 amide bonds. The second-order valence-electron chi connectivity index (χ2n) is 9.33. The van der Waals surface area contributed by atoms with E-state index in [4.69, 9.17) is 9.47 Å². The van der Waals surface area contributed by atoms with Gasteiger partial charge in [0, 0.05) is 32.7 Å². The Labute approximate surface area is 202 Å². The van der Waals surface area contributed by atoms with Gasteiger partial charge >= 0.3 is 12.1 Å². The molecule has 2 aliphatic heterocycles. The van der Waals surface area contributed by atoms with Crippen LogP contribution in [0.4, 0.5) is 13.2 Å². The summed E-state index contributed by atoms with van der Waals surface area (Å²) in [6.45, 7) is 5.76. The number of nitrogens with one attached hydrogen (secondary N) is 1. The Morgan fingerprint density at radius 3 is 2.69 bits per heavy atom. The van der Waals surface area contributed by atoms with E-state index in [0.29, 0.717) is 44.7 Å². The average molecular weight is 494 g/mol. The Kier molecular flexibility index (Phi) is 7.21. The number of carbonyl (C=O) groups is 2. The van der Waals surface area contributed by atoms with Crippen molar-refractivity contribution in [3.63, 3.8) is 0 Å². The summed E-state index contributed by atoms with van der Waals surface area (Å²) in [7, 11) is 0. The summed E-state index contributed by atoms with van der Waals surface area (Å²) in [5, 5.41) is 7.76. The van der Waals surface area contributed by atoms with Crippen molar-refractivity contribution in [1.29, 1.82) is 0 Å². The number of halogens is 3. The lowest BCUT2D eigenvalue weighted by molar-refractivity contribution is -0.138. The smallest absolute Gasteiger partial charge is 0.416 e. The molecule has 190 valence electrons. The SMILES string of the molecule is CCc1nn(CCCOC(=O)c2ccc(C(F)(F)F)c(C)c2)c2c1C(=O)NCC1(CCOCC1)C2. The van der Waals surface area contributed by atoms with Gasteiger partial charge in [0.25, 0.3) is 5.91 Å². The zero-order valence-corrected chi connectivity index (χ0v) is 20.0. The quantitative estimate of drug-likeness (QED) is 0.484. The van der Waals surface area contributed by atoms with Crippen molar-refractivity contribution in [2.24, 2.45) is 5.41 Å². The summed E-state index contributed by atoms with van der Waals surface area (Å²) < 4.78 is 51.5. The first kappa shape index (κ1) is 25.2. The molecular weight excluding hydrogens is 463 g/mol. The largest absolute Gasteiger partial charge is 0.462 e. The number of amides is 1. The van der Waals surface area contributed by atoms with Gasteiger partial charge in [0.15, 0.2) is 0 Å². The van der Waals surface area contributed by atoms with Gasteiger partial charge in [-0.05, 0) is 61.8 Å². The highest BCUT2D eigenvalue weighted by Crippen LogP contribution is 2.37. The number of carbonyl (C=O) groups excluding carboxylic acids is 2. The number of aromatic nitrogens is 2. The molecule has 0 atom stereocenters. The second-order valence-corrected chi connectivity index (χ2v) is 9.33. The summed E-state index contributed by atoms with van der Waals surface area (Å²) in [6.07, 6.45) is -0.928. The van der Waals surface area contributed by atoms with Crippen LogP contribution in [0.15, 0.2) is 18.2 Å². The van der Waals surface area contributed by atoms with E-state index in [0.717, 1.165) is 42.8 Å². The lowest BCUT2D eigenvalue weighted by atomic mass is 9.76. The Morgan fingerprint density at radius 2 is 2.03 bits per heavy atom. The highest BCUT2D eigenvalue weighted by molar-refractivity contribution is 5.97. The Morgan fingerprint density at radius 1 is 1.29 bits per heavy atom. The Hall–Kier alpha value is -2.88. The predicted molar refractivity (Wildman–Crippen MR) is 121 cm³/mol. The van der Waals surface area contributed by atoms with Crippen LogP contribution < -0.4 is 5.32 Å². The first-order valence-electron chi connectivity index (χ1n) is 11.9. The number of hydrogen-bond donors (Lipinski definition) is 1. The molecule has 0 radical (unpaired) electrons. The molecule has 1 saturated heterocycles. The topological polar surface area (TPSA) is 82.5 Å². The van der Waals surface area contributed by atoms with Gasteiger partial charge in [0.05, 0.1) is 34.7 Å². The average Bonchev–Trinajstić information content (AvgIpc) is 3.09. The van der Waals surface area contributed by atoms with E-state index in [1.807, 2.05) is 11.6 Å². The minimum Gasteiger partial charge on any atom is -0.462 e. The van der Waals surface area contributed by atoms with E-state index in [2.05, 4.69) is 10.4 Å². The van der Waals surface area contributed by atoms with Crippen LogP contribution in [0.3, 0.4) is 0 Å². The molecule has 2 aliphatic rings. The molecule has 3 heterocycles. The van der Waals surface area contributed by atoms with Crippen LogP contribution in [0.1, 0.15) is 69.4 Å². The first-order chi connectivity index (χ1) is 16.6. The Balaban J connectivity index is 1.42. The highest BCUT2D eigenvalue weighted by Gasteiger charge is 2.39. The maximum Gasteiger partial charge on any atom is 0.416 e. The number of aryl methyl sites for hydroxylation is 3. The van der Waals surface area contributed by atoms with E-state index in [1.165, 1.54) is 13.0 Å². The van der Waals surface area contributed by atoms with Crippen LogP contribution in [0, 0.1) is 12.3 Å². The third kappa shape index (κ3) is 5.37. The van der Waals surface area contributed by atoms with Gasteiger partial charge in [0.1, 0.15) is 0 Å². The number of benzene rings is 1. The minimum atomic E-state index is -4.47. The maximum atomic E-state index is 12.9. The molecule has 1 fully saturated rings. The van der Waals surface area contributed by atoms with Crippen LogP contribution in [0.2, 0.25) is 0 Å². The van der Waals surface area contributed by atoms with Crippen molar-refractivity contribution in [2.45, 2.75) is 58.7 Å². The molecule has 7 nitrogen and oxygen atoms in total. The monoisotopic (exact) mass is 493 g/mol. The van der Waals surface area contributed by atoms with Crippen LogP contribution in [-0.4, -0.2) is 48.0 Å². The molecule has 1 N–H and O–H groups in total. The molecular formula is C25H30F3N3O4. The van der Waals surface area contributed by atoms with Crippen molar-refractivity contribution >= 4 is 11.9 Å². The van der Waals surface area contributed by atoms with Gasteiger partial charge in [-0.3, -0.25) is 9.48 Å². The third-order valence-corrected chi connectivity index (χ3v) is 6.93. The minimum absolute atomic E-state index is 0.0291. The molecule has 4 rings (SSSR count). The molecule has 0 saturated carbocycles. The number of ether oxygens (including phenoxy) is 2. The predicted octanol–water partition coefficient (Wildman–Crippen LogP) is 4.10. The summed E-state index contributed by atoms with van der Waals surface area (Å²) in [5.74, 6) is -0.772. The van der Waals surface area contributed by atoms with Gasteiger partial charge < -0.3 is 14.8 Å². The number of nitrogens with zero attached hydrogens (tertiary/aromatic N) is 2. The summed E-state index contributed by atoms with van der Waals surface area (Å²) >= 11 is 0. The van der Waals surface area contributed by atoms with Gasteiger partial charge in [0.2, 0.25) is 0 Å². The molecule has 0 unspecified atom stereocenters. The first-order valence-corrected chi connectivity index (χ1v) is 11.9. The van der Waals surface area contributed by atoms with Gasteiger partial charge in [-0.1, -0.05) is 6.92 Å². The van der Waals surface area contributed by atoms with Crippen LogP contribution in [0.25, 0.3) is 0 Å². The van der Waals surface area contributed by atoms with Crippen molar-refractivity contribution in [2.75, 3.05) is 26.4 Å². The molecule has 0 bridgehead atoms. The number of fused-ring (bicyclic) bond motifs is 1. The van der Waals surface area contributed by atoms with Gasteiger partial charge in [-0.2, -0.15) is 18.3 Å². The number of hydrogen-bond acceptors (Lipinski definition) is 5. The maximum absolute atomic E-state index is 12.9. The summed E-state index contributed by atoms with van der Waals surface area (Å²) in [4.78, 5) is 25.2. The van der Waals surface area contributed by atoms with E-state index in [1.54, 1.807) is 0 Å². The van der Waals surface area contributed by atoms with Crippen molar-refractivity contribution in [1.82, 2.24) is 15.1 Å². The molecule has 0 aliphatic carbocycles. The lowest BCUT2D eigenvalue weighted by Crippen LogP contribution is -2.40. The molecule has 1 aromatic heterocycles. The van der Waals surface area contributed by atoms with Gasteiger partial charge in [-0.15, -0.1) is 0 Å². The molecule has 2 aromatic rings. The van der Waals surface area contributed by atoms with E-state index < -0.39 is 17.7 Å². The number of esters is 1. The molecule has 35 heavy (non-hydrogen) atoms. The van der Waals surface area contributed by atoms with Gasteiger partial charge in [-0.25, -0.2) is 4.79 Å². The van der Waals surface area contributed by atoms with Crippen LogP contribution in [0.5, 0.6) is 0 Å². The lowest BCUT2D eigenvalue weighted by Gasteiger charge is -2.36. The van der Waals surface area contributed by atoms with Crippen molar-refractivity contribution in [3.8, 4) is 0 Å². The van der Waals surface area contributed by atoms with Crippen LogP contribution in [-0.2, 0) is 35.0 Å². The standard InChI is InChI=1S/C25H30F3N3O4/c1-3-19-21-20(14-24(15-29-22(21)32)7-11-34-12-8-24)31(30-19)9-4-10-35-23(33)17-5-6-18(16(2)13-17)25(26,27)28/h5-6,13H,3-4,7-12,14-15H2,1-2H3,(H,29,32). The molecule has 1 aromatic carbocycles. The zero-order chi connectivity index (χ0) is 25.2. The fourth-order valence-electron chi connectivity index (χ4n) is 4.93. The van der Waals surface area contributed by atoms with Crippen molar-refractivity contribution < 1.29 is 32.2 Å². The zero-order valence-electron chi connectivity index (χ0n) is 20.0. The number of rotatable bonds is 6.